The molecular weight excluding hydrogens is 478 g/mol. The van der Waals surface area contributed by atoms with Gasteiger partial charge in [-0.15, -0.1) is 0 Å². The average molecular weight is 503 g/mol. The molecular formula is C23H24F2N6O3S. The Balaban J connectivity index is 1.46. The zero-order chi connectivity index (χ0) is 24.9. The Labute approximate surface area is 205 Å². The van der Waals surface area contributed by atoms with Gasteiger partial charge in [0, 0.05) is 6.07 Å². The van der Waals surface area contributed by atoms with Crippen molar-refractivity contribution in [2.75, 3.05) is 24.9 Å². The van der Waals surface area contributed by atoms with Gasteiger partial charge in [-0.05, 0) is 36.3 Å². The summed E-state index contributed by atoms with van der Waals surface area (Å²) in [6, 6.07) is 12.8. The number of carbonyl (C=O) groups excluding carboxylic acids is 1. The first-order valence-electron chi connectivity index (χ1n) is 10.7. The lowest BCUT2D eigenvalue weighted by Gasteiger charge is -2.32. The molecule has 2 unspecified atom stereocenters. The van der Waals surface area contributed by atoms with Crippen LogP contribution in [-0.2, 0) is 0 Å². The molecule has 1 aliphatic heterocycles. The standard InChI is InChI=1S/C23H24F2N6O3S/c1-33-14-8-9-16(19(10-14)34-2)28-23(35)30-29-22(32)15-12-26-31-18(20(24)25)11-17(27-21(15)31)13-6-4-3-5-7-13/h3-10,12,17-18,20,27H,11H2,1-2H3,(H,29,32)(H2,28,30,35). The highest BCUT2D eigenvalue weighted by atomic mass is 32.1. The van der Waals surface area contributed by atoms with Gasteiger partial charge in [-0.25, -0.2) is 13.5 Å². The van der Waals surface area contributed by atoms with Gasteiger partial charge in [-0.2, -0.15) is 5.10 Å². The number of benzene rings is 2. The molecule has 35 heavy (non-hydrogen) atoms. The summed E-state index contributed by atoms with van der Waals surface area (Å²) in [5.41, 5.74) is 6.58. The molecule has 1 amide bonds. The van der Waals surface area contributed by atoms with Gasteiger partial charge >= 0.3 is 0 Å². The maximum absolute atomic E-state index is 13.8. The monoisotopic (exact) mass is 502 g/mol. The summed E-state index contributed by atoms with van der Waals surface area (Å²) in [5, 5.41) is 10.2. The molecule has 0 spiro atoms. The number of fused-ring (bicyclic) bond motifs is 1. The van der Waals surface area contributed by atoms with Crippen LogP contribution in [0.5, 0.6) is 11.5 Å². The molecule has 0 fully saturated rings. The van der Waals surface area contributed by atoms with Gasteiger partial charge in [0.1, 0.15) is 28.9 Å². The molecule has 12 heteroatoms. The number of thiocarbonyl (C=S) groups is 1. The van der Waals surface area contributed by atoms with Gasteiger partial charge in [-0.1, -0.05) is 30.3 Å². The van der Waals surface area contributed by atoms with Gasteiger partial charge in [0.15, 0.2) is 5.11 Å². The van der Waals surface area contributed by atoms with E-state index in [1.54, 1.807) is 25.3 Å². The van der Waals surface area contributed by atoms with Crippen LogP contribution in [0.4, 0.5) is 20.3 Å². The second kappa shape index (κ2) is 10.6. The number of rotatable bonds is 6. The summed E-state index contributed by atoms with van der Waals surface area (Å²) in [5.74, 6) is 0.713. The fraction of sp³-hybridized carbons (Fsp3) is 0.261. The maximum Gasteiger partial charge on any atom is 0.275 e. The van der Waals surface area contributed by atoms with Gasteiger partial charge < -0.3 is 20.1 Å². The minimum atomic E-state index is -2.65. The Morgan fingerprint density at radius 3 is 2.63 bits per heavy atom. The highest BCUT2D eigenvalue weighted by Crippen LogP contribution is 2.39. The van der Waals surface area contributed by atoms with Crippen LogP contribution in [0.15, 0.2) is 54.7 Å². The second-order valence-corrected chi connectivity index (χ2v) is 8.10. The van der Waals surface area contributed by atoms with Crippen molar-refractivity contribution in [3.8, 4) is 11.5 Å². The number of nitrogens with zero attached hydrogens (tertiary/aromatic N) is 2. The fourth-order valence-corrected chi connectivity index (χ4v) is 4.00. The number of hydrazine groups is 1. The van der Waals surface area contributed by atoms with E-state index in [1.165, 1.54) is 13.3 Å². The molecule has 1 aromatic heterocycles. The zero-order valence-electron chi connectivity index (χ0n) is 18.9. The molecule has 1 aliphatic rings. The van der Waals surface area contributed by atoms with Crippen LogP contribution in [0.2, 0.25) is 0 Å². The molecule has 4 rings (SSSR count). The van der Waals surface area contributed by atoms with Gasteiger partial charge in [0.25, 0.3) is 12.3 Å². The first kappa shape index (κ1) is 24.2. The molecule has 0 saturated heterocycles. The number of aromatic nitrogens is 2. The zero-order valence-corrected chi connectivity index (χ0v) is 19.7. The van der Waals surface area contributed by atoms with E-state index in [-0.39, 0.29) is 22.9 Å². The van der Waals surface area contributed by atoms with Crippen LogP contribution >= 0.6 is 12.2 Å². The number of nitrogens with one attached hydrogen (secondary N) is 4. The number of alkyl halides is 2. The van der Waals surface area contributed by atoms with Crippen molar-refractivity contribution in [1.29, 1.82) is 0 Å². The predicted molar refractivity (Wildman–Crippen MR) is 131 cm³/mol. The minimum Gasteiger partial charge on any atom is -0.497 e. The molecule has 0 aliphatic carbocycles. The lowest BCUT2D eigenvalue weighted by molar-refractivity contribution is 0.0656. The van der Waals surface area contributed by atoms with E-state index >= 15 is 0 Å². The van der Waals surface area contributed by atoms with Crippen molar-refractivity contribution >= 4 is 34.7 Å². The Morgan fingerprint density at radius 2 is 1.94 bits per heavy atom. The Bertz CT molecular complexity index is 1210. The van der Waals surface area contributed by atoms with Crippen molar-refractivity contribution in [3.63, 3.8) is 0 Å². The van der Waals surface area contributed by atoms with Gasteiger partial charge in [0.2, 0.25) is 0 Å². The Hall–Kier alpha value is -3.93. The third-order valence-corrected chi connectivity index (χ3v) is 5.79. The van der Waals surface area contributed by atoms with Gasteiger partial charge in [0.05, 0.1) is 32.1 Å². The predicted octanol–water partition coefficient (Wildman–Crippen LogP) is 3.89. The number of amides is 1. The van der Waals surface area contributed by atoms with E-state index in [9.17, 15) is 13.6 Å². The number of methoxy groups -OCH3 is 2. The largest absolute Gasteiger partial charge is 0.497 e. The van der Waals surface area contributed by atoms with Gasteiger partial charge in [-0.3, -0.25) is 15.6 Å². The summed E-state index contributed by atoms with van der Waals surface area (Å²) >= 11 is 5.25. The molecule has 9 nitrogen and oxygen atoms in total. The number of anilines is 2. The Kier molecular flexibility index (Phi) is 7.30. The summed E-state index contributed by atoms with van der Waals surface area (Å²) in [6.07, 6.45) is -1.26. The molecule has 2 atom stereocenters. The minimum absolute atomic E-state index is 0.0865. The molecule has 4 N–H and O–H groups in total. The van der Waals surface area contributed by atoms with Crippen LogP contribution in [0.25, 0.3) is 0 Å². The van der Waals surface area contributed by atoms with E-state index in [4.69, 9.17) is 21.7 Å². The van der Waals surface area contributed by atoms with Crippen molar-refractivity contribution in [3.05, 3.63) is 65.9 Å². The normalized spacial score (nSPS) is 16.6. The van der Waals surface area contributed by atoms with Crippen molar-refractivity contribution in [2.24, 2.45) is 0 Å². The molecule has 0 bridgehead atoms. The summed E-state index contributed by atoms with van der Waals surface area (Å²) < 4.78 is 39.3. The number of hydrogen-bond donors (Lipinski definition) is 4. The Morgan fingerprint density at radius 1 is 1.17 bits per heavy atom. The molecule has 2 aromatic carbocycles. The van der Waals surface area contributed by atoms with Crippen molar-refractivity contribution in [2.45, 2.75) is 24.9 Å². The third kappa shape index (κ3) is 5.27. The van der Waals surface area contributed by atoms with E-state index in [1.807, 2.05) is 30.3 Å². The van der Waals surface area contributed by atoms with E-state index in [0.29, 0.717) is 17.2 Å². The van der Waals surface area contributed by atoms with Crippen LogP contribution in [0.3, 0.4) is 0 Å². The quantitative estimate of drug-likeness (QED) is 0.298. The fourth-order valence-electron chi connectivity index (χ4n) is 3.84. The topological polar surface area (TPSA) is 101 Å². The highest BCUT2D eigenvalue weighted by molar-refractivity contribution is 7.80. The van der Waals surface area contributed by atoms with Crippen LogP contribution < -0.4 is 31.0 Å². The number of carbonyl (C=O) groups is 1. The van der Waals surface area contributed by atoms with Crippen molar-refractivity contribution < 1.29 is 23.0 Å². The first-order chi connectivity index (χ1) is 16.9. The highest BCUT2D eigenvalue weighted by Gasteiger charge is 2.36. The third-order valence-electron chi connectivity index (χ3n) is 5.58. The summed E-state index contributed by atoms with van der Waals surface area (Å²) in [7, 11) is 3.04. The first-order valence-corrected chi connectivity index (χ1v) is 11.1. The smallest absolute Gasteiger partial charge is 0.275 e. The molecule has 184 valence electrons. The van der Waals surface area contributed by atoms with Crippen LogP contribution in [0.1, 0.15) is 34.4 Å². The number of halogens is 2. The van der Waals surface area contributed by atoms with Crippen molar-refractivity contribution in [1.82, 2.24) is 20.6 Å². The SMILES string of the molecule is COc1ccc(NC(=S)NNC(=O)c2cnn3c2NC(c2ccccc2)CC3C(F)F)c(OC)c1. The second-order valence-electron chi connectivity index (χ2n) is 7.70. The number of ether oxygens (including phenoxy) is 2. The lowest BCUT2D eigenvalue weighted by Crippen LogP contribution is -2.44. The molecule has 2 heterocycles. The molecule has 0 radical (unpaired) electrons. The van der Waals surface area contributed by atoms with Crippen LogP contribution in [-0.4, -0.2) is 41.4 Å². The van der Waals surface area contributed by atoms with E-state index in [2.05, 4.69) is 26.6 Å². The molecule has 0 saturated carbocycles. The number of hydrogen-bond acceptors (Lipinski definition) is 6. The van der Waals surface area contributed by atoms with E-state index in [0.717, 1.165) is 10.2 Å². The summed E-state index contributed by atoms with van der Waals surface area (Å²) in [4.78, 5) is 12.9. The summed E-state index contributed by atoms with van der Waals surface area (Å²) in [6.45, 7) is 0. The molecule has 3 aromatic rings. The van der Waals surface area contributed by atoms with Crippen LogP contribution in [0, 0.1) is 0 Å². The lowest BCUT2D eigenvalue weighted by atomic mass is 9.97. The average Bonchev–Trinajstić information content (AvgIpc) is 3.31. The maximum atomic E-state index is 13.8. The van der Waals surface area contributed by atoms with E-state index < -0.39 is 24.4 Å².